The van der Waals surface area contributed by atoms with Crippen LogP contribution in [0, 0.1) is 6.92 Å². The average Bonchev–Trinajstić information content (AvgIpc) is 2.13. The molecule has 2 nitrogen and oxygen atoms in total. The Morgan fingerprint density at radius 1 is 1.54 bits per heavy atom. The Kier molecular flexibility index (Phi) is 4.09. The molecule has 0 bridgehead atoms. The molecule has 0 spiro atoms. The zero-order chi connectivity index (χ0) is 9.68. The van der Waals surface area contributed by atoms with Gasteiger partial charge in [0, 0.05) is 18.3 Å². The smallest absolute Gasteiger partial charge is 0.253 e. The van der Waals surface area contributed by atoms with Crippen molar-refractivity contribution in [1.82, 2.24) is 4.57 Å². The SMILES string of the molecule is CSCCCn1cccc(C)c1=O. The molecule has 0 saturated carbocycles. The average molecular weight is 197 g/mol. The molecule has 1 aromatic heterocycles. The third-order valence-electron chi connectivity index (χ3n) is 1.96. The Morgan fingerprint density at radius 2 is 2.31 bits per heavy atom. The van der Waals surface area contributed by atoms with E-state index in [1.54, 1.807) is 4.57 Å². The fourth-order valence-electron chi connectivity index (χ4n) is 1.21. The van der Waals surface area contributed by atoms with Gasteiger partial charge in [-0.1, -0.05) is 6.07 Å². The van der Waals surface area contributed by atoms with E-state index in [9.17, 15) is 4.79 Å². The Labute approximate surface area is 83.0 Å². The van der Waals surface area contributed by atoms with E-state index in [4.69, 9.17) is 0 Å². The van der Waals surface area contributed by atoms with Crippen LogP contribution in [0.3, 0.4) is 0 Å². The summed E-state index contributed by atoms with van der Waals surface area (Å²) in [7, 11) is 0. The minimum absolute atomic E-state index is 0.142. The fraction of sp³-hybridized carbons (Fsp3) is 0.500. The minimum Gasteiger partial charge on any atom is -0.315 e. The second-order valence-corrected chi connectivity index (χ2v) is 4.02. The van der Waals surface area contributed by atoms with E-state index in [2.05, 4.69) is 6.26 Å². The molecule has 3 heteroatoms. The van der Waals surface area contributed by atoms with Crippen LogP contribution in [0.2, 0.25) is 0 Å². The summed E-state index contributed by atoms with van der Waals surface area (Å²) in [6.07, 6.45) is 5.00. The van der Waals surface area contributed by atoms with Gasteiger partial charge in [0.1, 0.15) is 0 Å². The number of rotatable bonds is 4. The van der Waals surface area contributed by atoms with Crippen molar-refractivity contribution >= 4 is 11.8 Å². The maximum atomic E-state index is 11.5. The van der Waals surface area contributed by atoms with Crippen molar-refractivity contribution in [3.63, 3.8) is 0 Å². The molecule has 0 amide bonds. The molecule has 0 fully saturated rings. The number of nitrogens with zero attached hydrogens (tertiary/aromatic N) is 1. The van der Waals surface area contributed by atoms with Crippen LogP contribution in [-0.4, -0.2) is 16.6 Å². The quantitative estimate of drug-likeness (QED) is 0.688. The molecule has 0 unspecified atom stereocenters. The van der Waals surface area contributed by atoms with Crippen molar-refractivity contribution in [2.75, 3.05) is 12.0 Å². The van der Waals surface area contributed by atoms with E-state index < -0.39 is 0 Å². The second kappa shape index (κ2) is 5.12. The summed E-state index contributed by atoms with van der Waals surface area (Å²) in [6.45, 7) is 2.69. The van der Waals surface area contributed by atoms with Gasteiger partial charge in [0.15, 0.2) is 0 Å². The highest BCUT2D eigenvalue weighted by Crippen LogP contribution is 1.97. The fourth-order valence-corrected chi connectivity index (χ4v) is 1.63. The van der Waals surface area contributed by atoms with Crippen LogP contribution in [0.5, 0.6) is 0 Å². The molecule has 1 aromatic rings. The zero-order valence-corrected chi connectivity index (χ0v) is 8.93. The lowest BCUT2D eigenvalue weighted by Crippen LogP contribution is -2.21. The third-order valence-corrected chi connectivity index (χ3v) is 2.65. The summed E-state index contributed by atoms with van der Waals surface area (Å²) < 4.78 is 1.78. The Morgan fingerprint density at radius 3 is 3.00 bits per heavy atom. The second-order valence-electron chi connectivity index (χ2n) is 3.04. The van der Waals surface area contributed by atoms with E-state index >= 15 is 0 Å². The van der Waals surface area contributed by atoms with Gasteiger partial charge >= 0.3 is 0 Å². The van der Waals surface area contributed by atoms with Gasteiger partial charge in [-0.2, -0.15) is 11.8 Å². The predicted octanol–water partition coefficient (Wildman–Crippen LogP) is 1.91. The molecule has 0 saturated heterocycles. The van der Waals surface area contributed by atoms with Gasteiger partial charge in [-0.25, -0.2) is 0 Å². The van der Waals surface area contributed by atoms with Crippen molar-refractivity contribution < 1.29 is 0 Å². The van der Waals surface area contributed by atoms with Crippen molar-refractivity contribution in [2.45, 2.75) is 19.9 Å². The van der Waals surface area contributed by atoms with Gasteiger partial charge in [-0.15, -0.1) is 0 Å². The molecule has 0 atom stereocenters. The van der Waals surface area contributed by atoms with Crippen LogP contribution in [0.25, 0.3) is 0 Å². The van der Waals surface area contributed by atoms with E-state index in [0.717, 1.165) is 24.3 Å². The Hall–Kier alpha value is -0.700. The summed E-state index contributed by atoms with van der Waals surface area (Å²) >= 11 is 1.82. The molecule has 1 rings (SSSR count). The van der Waals surface area contributed by atoms with Gasteiger partial charge in [-0.05, 0) is 31.4 Å². The van der Waals surface area contributed by atoms with Crippen molar-refractivity contribution in [1.29, 1.82) is 0 Å². The maximum Gasteiger partial charge on any atom is 0.253 e. The number of aromatic nitrogens is 1. The molecule has 0 radical (unpaired) electrons. The lowest BCUT2D eigenvalue weighted by Gasteiger charge is -2.04. The highest BCUT2D eigenvalue weighted by molar-refractivity contribution is 7.98. The summed E-state index contributed by atoms with van der Waals surface area (Å²) in [6, 6.07) is 3.78. The summed E-state index contributed by atoms with van der Waals surface area (Å²) in [5.41, 5.74) is 0.968. The van der Waals surface area contributed by atoms with Crippen LogP contribution in [0.15, 0.2) is 23.1 Å². The number of pyridine rings is 1. The lowest BCUT2D eigenvalue weighted by atomic mass is 10.3. The largest absolute Gasteiger partial charge is 0.315 e. The molecule has 0 aromatic carbocycles. The normalized spacial score (nSPS) is 10.3. The molecule has 0 N–H and O–H groups in total. The zero-order valence-electron chi connectivity index (χ0n) is 8.12. The predicted molar refractivity (Wildman–Crippen MR) is 58.4 cm³/mol. The van der Waals surface area contributed by atoms with E-state index in [-0.39, 0.29) is 5.56 Å². The number of hydrogen-bond donors (Lipinski definition) is 0. The highest BCUT2D eigenvalue weighted by atomic mass is 32.2. The lowest BCUT2D eigenvalue weighted by molar-refractivity contribution is 0.655. The summed E-state index contributed by atoms with van der Waals surface area (Å²) in [5, 5.41) is 0. The molecule has 0 aliphatic rings. The van der Waals surface area contributed by atoms with Crippen molar-refractivity contribution in [3.8, 4) is 0 Å². The first kappa shape index (κ1) is 10.4. The van der Waals surface area contributed by atoms with Crippen LogP contribution < -0.4 is 5.56 Å². The van der Waals surface area contributed by atoms with Gasteiger partial charge < -0.3 is 4.57 Å². The van der Waals surface area contributed by atoms with E-state index in [1.807, 2.05) is 37.0 Å². The first-order valence-corrected chi connectivity index (χ1v) is 5.80. The van der Waals surface area contributed by atoms with Gasteiger partial charge in [0.05, 0.1) is 0 Å². The molecule has 13 heavy (non-hydrogen) atoms. The van der Waals surface area contributed by atoms with Crippen LogP contribution in [-0.2, 0) is 6.54 Å². The number of aryl methyl sites for hydroxylation is 2. The monoisotopic (exact) mass is 197 g/mol. The molecular weight excluding hydrogens is 182 g/mol. The van der Waals surface area contributed by atoms with Gasteiger partial charge in [0.2, 0.25) is 0 Å². The van der Waals surface area contributed by atoms with Crippen LogP contribution >= 0.6 is 11.8 Å². The van der Waals surface area contributed by atoms with Crippen molar-refractivity contribution in [2.24, 2.45) is 0 Å². The topological polar surface area (TPSA) is 22.0 Å². The molecule has 72 valence electrons. The number of thioether (sulfide) groups is 1. The van der Waals surface area contributed by atoms with E-state index in [0.29, 0.717) is 0 Å². The summed E-state index contributed by atoms with van der Waals surface area (Å²) in [5.74, 6) is 1.11. The first-order chi connectivity index (χ1) is 6.25. The van der Waals surface area contributed by atoms with Gasteiger partial charge in [0.25, 0.3) is 5.56 Å². The number of hydrogen-bond acceptors (Lipinski definition) is 2. The molecule has 0 aliphatic carbocycles. The van der Waals surface area contributed by atoms with E-state index in [1.165, 1.54) is 0 Å². The highest BCUT2D eigenvalue weighted by Gasteiger charge is 1.96. The molecular formula is C10H15NOS. The standard InChI is InChI=1S/C10H15NOS/c1-9-5-3-6-11(10(9)12)7-4-8-13-2/h3,5-6H,4,7-8H2,1-2H3. The first-order valence-electron chi connectivity index (χ1n) is 4.40. The summed E-state index contributed by atoms with van der Waals surface area (Å²) in [4.78, 5) is 11.5. The minimum atomic E-state index is 0.142. The Balaban J connectivity index is 2.67. The van der Waals surface area contributed by atoms with Crippen LogP contribution in [0.4, 0.5) is 0 Å². The molecule has 1 heterocycles. The van der Waals surface area contributed by atoms with Gasteiger partial charge in [-0.3, -0.25) is 4.79 Å². The Bertz CT molecular complexity index is 319. The van der Waals surface area contributed by atoms with Crippen molar-refractivity contribution in [3.05, 3.63) is 34.2 Å². The third kappa shape index (κ3) is 2.92. The maximum absolute atomic E-state index is 11.5. The van der Waals surface area contributed by atoms with Crippen LogP contribution in [0.1, 0.15) is 12.0 Å². The molecule has 0 aliphatic heterocycles.